The Bertz CT molecular complexity index is 1180. The van der Waals surface area contributed by atoms with Crippen LogP contribution in [0.4, 0.5) is 5.69 Å². The van der Waals surface area contributed by atoms with Crippen LogP contribution in [0.15, 0.2) is 46.4 Å². The van der Waals surface area contributed by atoms with Crippen LogP contribution in [-0.2, 0) is 25.5 Å². The first-order chi connectivity index (χ1) is 16.8. The molecule has 0 atom stereocenters. The van der Waals surface area contributed by atoms with Gasteiger partial charge in [0.05, 0.1) is 18.9 Å². The number of rotatable bonds is 9. The van der Waals surface area contributed by atoms with Crippen molar-refractivity contribution in [2.75, 3.05) is 24.7 Å². The van der Waals surface area contributed by atoms with Crippen LogP contribution in [0.2, 0.25) is 0 Å². The highest BCUT2D eigenvalue weighted by Gasteiger charge is 2.34. The van der Waals surface area contributed by atoms with Gasteiger partial charge in [0, 0.05) is 4.47 Å². The Hall–Kier alpha value is -3.24. The molecule has 35 heavy (non-hydrogen) atoms. The van der Waals surface area contributed by atoms with Crippen LogP contribution in [0.25, 0.3) is 6.08 Å². The van der Waals surface area contributed by atoms with Crippen LogP contribution >= 0.6 is 28.1 Å². The van der Waals surface area contributed by atoms with Gasteiger partial charge in [-0.3, -0.25) is 19.8 Å². The average molecular weight is 561 g/mol. The summed E-state index contributed by atoms with van der Waals surface area (Å²) in [6.45, 7) is 5.84. The predicted octanol–water partition coefficient (Wildman–Crippen LogP) is 4.18. The van der Waals surface area contributed by atoms with E-state index in [4.69, 9.17) is 26.4 Å². The molecule has 0 radical (unpaired) electrons. The van der Waals surface area contributed by atoms with E-state index in [-0.39, 0.29) is 23.9 Å². The standard InChI is InChI=1S/C25H25BrN2O6S/c1-4-15-7-9-17(10-8-15)28-24(31)18(23(30)27-25(28)35)11-16-12-20(32-5-2)21(13-19(16)26)34-14-22(29)33-6-3/h7-13H,4-6,14H2,1-3H3,(H,27,30,35)/b18-11+. The van der Waals surface area contributed by atoms with E-state index in [1.54, 1.807) is 38.1 Å². The number of nitrogens with one attached hydrogen (secondary N) is 1. The minimum Gasteiger partial charge on any atom is -0.490 e. The molecule has 2 aromatic carbocycles. The molecule has 0 saturated carbocycles. The Balaban J connectivity index is 1.95. The van der Waals surface area contributed by atoms with Crippen LogP contribution in [-0.4, -0.2) is 42.7 Å². The van der Waals surface area contributed by atoms with Crippen molar-refractivity contribution >= 4 is 62.8 Å². The number of carbonyl (C=O) groups is 3. The Morgan fingerprint density at radius 1 is 1.06 bits per heavy atom. The molecule has 0 aliphatic carbocycles. The first kappa shape index (κ1) is 26.4. The highest BCUT2D eigenvalue weighted by Crippen LogP contribution is 2.35. The third kappa shape index (κ3) is 6.26. The van der Waals surface area contributed by atoms with E-state index in [2.05, 4.69) is 21.2 Å². The van der Waals surface area contributed by atoms with Gasteiger partial charge in [-0.15, -0.1) is 0 Å². The van der Waals surface area contributed by atoms with Gasteiger partial charge in [0.2, 0.25) is 0 Å². The number of carbonyl (C=O) groups excluding carboxylic acids is 3. The number of thiocarbonyl (C=S) groups is 1. The van der Waals surface area contributed by atoms with E-state index in [1.807, 2.05) is 19.1 Å². The molecule has 1 fully saturated rings. The summed E-state index contributed by atoms with van der Waals surface area (Å²) in [5, 5.41) is 2.59. The summed E-state index contributed by atoms with van der Waals surface area (Å²) in [6, 6.07) is 10.6. The molecular weight excluding hydrogens is 536 g/mol. The number of anilines is 1. The fraction of sp³-hybridized carbons (Fsp3) is 0.280. The topological polar surface area (TPSA) is 94.2 Å². The monoisotopic (exact) mass is 560 g/mol. The predicted molar refractivity (Wildman–Crippen MR) is 139 cm³/mol. The second kappa shape index (κ2) is 11.9. The molecule has 2 amide bonds. The molecule has 0 bridgehead atoms. The van der Waals surface area contributed by atoms with Crippen LogP contribution in [0, 0.1) is 0 Å². The average Bonchev–Trinajstić information content (AvgIpc) is 2.83. The summed E-state index contributed by atoms with van der Waals surface area (Å²) in [5.41, 5.74) is 2.08. The lowest BCUT2D eigenvalue weighted by Crippen LogP contribution is -2.54. The Kier molecular flexibility index (Phi) is 9.00. The van der Waals surface area contributed by atoms with Gasteiger partial charge in [-0.2, -0.15) is 0 Å². The number of benzene rings is 2. The Morgan fingerprint density at radius 3 is 2.37 bits per heavy atom. The van der Waals surface area contributed by atoms with E-state index >= 15 is 0 Å². The summed E-state index contributed by atoms with van der Waals surface area (Å²) in [4.78, 5) is 39.0. The molecule has 3 rings (SSSR count). The van der Waals surface area contributed by atoms with Crippen molar-refractivity contribution in [1.29, 1.82) is 0 Å². The number of hydrogen-bond acceptors (Lipinski definition) is 7. The minimum absolute atomic E-state index is 0.0122. The molecule has 2 aromatic rings. The zero-order valence-corrected chi connectivity index (χ0v) is 22.0. The van der Waals surface area contributed by atoms with Crippen molar-refractivity contribution in [3.05, 3.63) is 57.6 Å². The SMILES string of the molecule is CCOC(=O)COc1cc(Br)c(/C=C2\C(=O)NC(=S)N(c3ccc(CC)cc3)C2=O)cc1OCC. The molecule has 1 aliphatic rings. The summed E-state index contributed by atoms with van der Waals surface area (Å²) < 4.78 is 16.6. The molecule has 0 spiro atoms. The normalized spacial score (nSPS) is 14.7. The Labute approximate surface area is 217 Å². The number of nitrogens with zero attached hydrogens (tertiary/aromatic N) is 1. The first-order valence-corrected chi connectivity index (χ1v) is 12.2. The van der Waals surface area contributed by atoms with E-state index in [0.29, 0.717) is 33.8 Å². The molecule has 0 aromatic heterocycles. The molecule has 10 heteroatoms. The third-order valence-corrected chi connectivity index (χ3v) is 5.99. The summed E-state index contributed by atoms with van der Waals surface area (Å²) in [7, 11) is 0. The van der Waals surface area contributed by atoms with E-state index in [0.717, 1.165) is 12.0 Å². The minimum atomic E-state index is -0.603. The van der Waals surface area contributed by atoms with Crippen LogP contribution < -0.4 is 19.7 Å². The van der Waals surface area contributed by atoms with Gasteiger partial charge < -0.3 is 14.2 Å². The van der Waals surface area contributed by atoms with Gasteiger partial charge in [-0.1, -0.05) is 35.0 Å². The molecule has 8 nitrogen and oxygen atoms in total. The van der Waals surface area contributed by atoms with E-state index in [9.17, 15) is 14.4 Å². The van der Waals surface area contributed by atoms with Crippen LogP contribution in [0.3, 0.4) is 0 Å². The Morgan fingerprint density at radius 2 is 1.74 bits per heavy atom. The lowest BCUT2D eigenvalue weighted by Gasteiger charge is -2.29. The van der Waals surface area contributed by atoms with Gasteiger partial charge in [0.1, 0.15) is 5.57 Å². The van der Waals surface area contributed by atoms with Crippen molar-refractivity contribution in [3.63, 3.8) is 0 Å². The number of esters is 1. The van der Waals surface area contributed by atoms with Crippen molar-refractivity contribution < 1.29 is 28.6 Å². The number of hydrogen-bond donors (Lipinski definition) is 1. The molecule has 1 heterocycles. The molecule has 1 N–H and O–H groups in total. The largest absolute Gasteiger partial charge is 0.490 e. The number of ether oxygens (including phenoxy) is 3. The van der Waals surface area contributed by atoms with Gasteiger partial charge >= 0.3 is 5.97 Å². The second-order valence-corrected chi connectivity index (χ2v) is 8.57. The van der Waals surface area contributed by atoms with Gasteiger partial charge in [0.25, 0.3) is 11.8 Å². The van der Waals surface area contributed by atoms with E-state index < -0.39 is 17.8 Å². The highest BCUT2D eigenvalue weighted by molar-refractivity contribution is 9.10. The zero-order valence-electron chi connectivity index (χ0n) is 19.6. The zero-order chi connectivity index (χ0) is 25.5. The van der Waals surface area contributed by atoms with E-state index in [1.165, 1.54) is 11.0 Å². The van der Waals surface area contributed by atoms with Crippen molar-refractivity contribution in [1.82, 2.24) is 5.32 Å². The smallest absolute Gasteiger partial charge is 0.344 e. The fourth-order valence-electron chi connectivity index (χ4n) is 3.31. The fourth-order valence-corrected chi connectivity index (χ4v) is 4.03. The maximum absolute atomic E-state index is 13.3. The molecular formula is C25H25BrN2O6S. The summed E-state index contributed by atoms with van der Waals surface area (Å²) >= 11 is 8.72. The molecule has 1 aliphatic heterocycles. The third-order valence-electron chi connectivity index (χ3n) is 5.02. The van der Waals surface area contributed by atoms with Crippen molar-refractivity contribution in [2.45, 2.75) is 27.2 Å². The van der Waals surface area contributed by atoms with Gasteiger partial charge in [0.15, 0.2) is 23.2 Å². The highest BCUT2D eigenvalue weighted by atomic mass is 79.9. The lowest BCUT2D eigenvalue weighted by molar-refractivity contribution is -0.145. The van der Waals surface area contributed by atoms with Gasteiger partial charge in [-0.25, -0.2) is 4.79 Å². The second-order valence-electron chi connectivity index (χ2n) is 7.33. The summed E-state index contributed by atoms with van der Waals surface area (Å²) in [6.07, 6.45) is 2.31. The number of aryl methyl sites for hydroxylation is 1. The van der Waals surface area contributed by atoms with Crippen LogP contribution in [0.5, 0.6) is 11.5 Å². The molecule has 184 valence electrons. The maximum atomic E-state index is 13.3. The van der Waals surface area contributed by atoms with Crippen molar-refractivity contribution in [3.8, 4) is 11.5 Å². The maximum Gasteiger partial charge on any atom is 0.344 e. The molecule has 0 unspecified atom stereocenters. The quantitative estimate of drug-likeness (QED) is 0.213. The van der Waals surface area contributed by atoms with Crippen LogP contribution in [0.1, 0.15) is 31.9 Å². The van der Waals surface area contributed by atoms with Gasteiger partial charge in [-0.05, 0) is 74.0 Å². The lowest BCUT2D eigenvalue weighted by atomic mass is 10.1. The summed E-state index contributed by atoms with van der Waals surface area (Å²) in [5.74, 6) is -1.00. The van der Waals surface area contributed by atoms with Crippen molar-refractivity contribution in [2.24, 2.45) is 0 Å². The number of amides is 2. The molecule has 1 saturated heterocycles. The first-order valence-electron chi connectivity index (χ1n) is 11.0. The number of halogens is 1.